The number of aryl methyl sites for hydroxylation is 1. The average Bonchev–Trinajstić information content (AvgIpc) is 3.04. The van der Waals surface area contributed by atoms with Gasteiger partial charge in [0.05, 0.1) is 5.69 Å². The minimum absolute atomic E-state index is 0.109. The number of carbonyl (C=O) groups is 2. The molecule has 0 fully saturated rings. The van der Waals surface area contributed by atoms with Gasteiger partial charge in [-0.15, -0.1) is 11.3 Å². The first-order valence-electron chi connectivity index (χ1n) is 7.73. The van der Waals surface area contributed by atoms with Crippen LogP contribution < -0.4 is 10.6 Å². The minimum atomic E-state index is -0.179. The highest BCUT2D eigenvalue weighted by Crippen LogP contribution is 2.26. The van der Waals surface area contributed by atoms with Crippen LogP contribution in [-0.2, 0) is 4.79 Å². The molecule has 2 aromatic carbocycles. The Bertz CT molecular complexity index is 899. The fourth-order valence-electron chi connectivity index (χ4n) is 2.27. The Balaban J connectivity index is 1.70. The molecule has 0 aliphatic heterocycles. The summed E-state index contributed by atoms with van der Waals surface area (Å²) in [5.74, 6) is -0.288. The first-order chi connectivity index (χ1) is 12.0. The summed E-state index contributed by atoms with van der Waals surface area (Å²) in [6.07, 6.45) is 0. The van der Waals surface area contributed by atoms with Crippen LogP contribution in [0.3, 0.4) is 0 Å². The van der Waals surface area contributed by atoms with Gasteiger partial charge in [0.2, 0.25) is 5.91 Å². The summed E-state index contributed by atoms with van der Waals surface area (Å²) in [5, 5.41) is 7.97. The SMILES string of the molecule is CC(=O)Nc1ccc(-c2csc(NC(=O)c3ccc(C)cc3)n2)cc1. The van der Waals surface area contributed by atoms with E-state index < -0.39 is 0 Å². The van der Waals surface area contributed by atoms with Crippen LogP contribution in [-0.4, -0.2) is 16.8 Å². The highest BCUT2D eigenvalue weighted by atomic mass is 32.1. The van der Waals surface area contributed by atoms with Gasteiger partial charge in [0.25, 0.3) is 5.91 Å². The summed E-state index contributed by atoms with van der Waals surface area (Å²) < 4.78 is 0. The minimum Gasteiger partial charge on any atom is -0.326 e. The summed E-state index contributed by atoms with van der Waals surface area (Å²) in [4.78, 5) is 27.7. The molecule has 5 nitrogen and oxygen atoms in total. The zero-order valence-corrected chi connectivity index (χ0v) is 14.7. The summed E-state index contributed by atoms with van der Waals surface area (Å²) >= 11 is 1.37. The number of aromatic nitrogens is 1. The molecule has 3 rings (SSSR count). The number of anilines is 2. The Morgan fingerprint density at radius 2 is 1.64 bits per heavy atom. The molecule has 1 aromatic heterocycles. The number of amides is 2. The molecule has 2 amide bonds. The molecule has 0 spiro atoms. The Labute approximate surface area is 149 Å². The maximum absolute atomic E-state index is 12.2. The molecule has 0 saturated heterocycles. The molecule has 2 N–H and O–H groups in total. The van der Waals surface area contributed by atoms with Crippen molar-refractivity contribution in [3.63, 3.8) is 0 Å². The molecule has 0 saturated carbocycles. The number of hydrogen-bond acceptors (Lipinski definition) is 4. The van der Waals surface area contributed by atoms with E-state index in [1.54, 1.807) is 12.1 Å². The van der Waals surface area contributed by atoms with Crippen molar-refractivity contribution in [3.8, 4) is 11.3 Å². The van der Waals surface area contributed by atoms with Gasteiger partial charge >= 0.3 is 0 Å². The van der Waals surface area contributed by atoms with E-state index in [-0.39, 0.29) is 11.8 Å². The fraction of sp³-hybridized carbons (Fsp3) is 0.105. The Morgan fingerprint density at radius 1 is 0.960 bits per heavy atom. The number of hydrogen-bond donors (Lipinski definition) is 2. The molecule has 126 valence electrons. The van der Waals surface area contributed by atoms with Gasteiger partial charge in [0, 0.05) is 29.1 Å². The molecular weight excluding hydrogens is 334 g/mol. The Kier molecular flexibility index (Phi) is 4.90. The molecule has 0 aliphatic carbocycles. The molecule has 25 heavy (non-hydrogen) atoms. The molecule has 0 atom stereocenters. The van der Waals surface area contributed by atoms with Gasteiger partial charge in [-0.2, -0.15) is 0 Å². The average molecular weight is 351 g/mol. The lowest BCUT2D eigenvalue weighted by atomic mass is 10.1. The summed E-state index contributed by atoms with van der Waals surface area (Å²) in [6.45, 7) is 3.45. The normalized spacial score (nSPS) is 10.3. The van der Waals surface area contributed by atoms with E-state index in [0.29, 0.717) is 10.7 Å². The number of thiazole rings is 1. The van der Waals surface area contributed by atoms with Crippen molar-refractivity contribution < 1.29 is 9.59 Å². The first-order valence-corrected chi connectivity index (χ1v) is 8.61. The second kappa shape index (κ2) is 7.27. The van der Waals surface area contributed by atoms with E-state index in [1.807, 2.05) is 48.7 Å². The highest BCUT2D eigenvalue weighted by molar-refractivity contribution is 7.14. The predicted octanol–water partition coefficient (Wildman–Crippen LogP) is 4.33. The van der Waals surface area contributed by atoms with Gasteiger partial charge in [0.15, 0.2) is 5.13 Å². The third-order valence-corrected chi connectivity index (χ3v) is 4.30. The Morgan fingerprint density at radius 3 is 2.28 bits per heavy atom. The quantitative estimate of drug-likeness (QED) is 0.735. The van der Waals surface area contributed by atoms with Gasteiger partial charge in [-0.25, -0.2) is 4.98 Å². The summed E-state index contributed by atoms with van der Waals surface area (Å²) in [7, 11) is 0. The van der Waals surface area contributed by atoms with Crippen molar-refractivity contribution in [2.75, 3.05) is 10.6 Å². The van der Waals surface area contributed by atoms with Gasteiger partial charge in [-0.3, -0.25) is 14.9 Å². The van der Waals surface area contributed by atoms with Crippen molar-refractivity contribution in [3.05, 3.63) is 65.0 Å². The van der Waals surface area contributed by atoms with Crippen molar-refractivity contribution in [1.29, 1.82) is 0 Å². The smallest absolute Gasteiger partial charge is 0.257 e. The highest BCUT2D eigenvalue weighted by Gasteiger charge is 2.10. The number of carbonyl (C=O) groups excluding carboxylic acids is 2. The van der Waals surface area contributed by atoms with E-state index in [0.717, 1.165) is 22.5 Å². The third kappa shape index (κ3) is 4.30. The van der Waals surface area contributed by atoms with Crippen LogP contribution in [0.25, 0.3) is 11.3 Å². The summed E-state index contributed by atoms with van der Waals surface area (Å²) in [6, 6.07) is 14.8. The van der Waals surface area contributed by atoms with Crippen molar-refractivity contribution in [2.45, 2.75) is 13.8 Å². The molecule has 0 aliphatic rings. The van der Waals surface area contributed by atoms with E-state index in [1.165, 1.54) is 18.3 Å². The zero-order valence-electron chi connectivity index (χ0n) is 13.9. The molecule has 0 unspecified atom stereocenters. The van der Waals surface area contributed by atoms with Gasteiger partial charge < -0.3 is 5.32 Å². The fourth-order valence-corrected chi connectivity index (χ4v) is 2.98. The second-order valence-electron chi connectivity index (χ2n) is 5.62. The number of benzene rings is 2. The van der Waals surface area contributed by atoms with Crippen molar-refractivity contribution >= 4 is 34.0 Å². The second-order valence-corrected chi connectivity index (χ2v) is 6.47. The van der Waals surface area contributed by atoms with E-state index in [9.17, 15) is 9.59 Å². The number of nitrogens with one attached hydrogen (secondary N) is 2. The lowest BCUT2D eigenvalue weighted by Crippen LogP contribution is -2.11. The molecule has 1 heterocycles. The summed E-state index contributed by atoms with van der Waals surface area (Å²) in [5.41, 5.74) is 4.14. The van der Waals surface area contributed by atoms with Crippen LogP contribution in [0.1, 0.15) is 22.8 Å². The maximum atomic E-state index is 12.2. The predicted molar refractivity (Wildman–Crippen MR) is 101 cm³/mol. The van der Waals surface area contributed by atoms with Crippen molar-refractivity contribution in [2.24, 2.45) is 0 Å². The van der Waals surface area contributed by atoms with Crippen LogP contribution >= 0.6 is 11.3 Å². The van der Waals surface area contributed by atoms with Gasteiger partial charge in [-0.05, 0) is 31.2 Å². The molecular formula is C19H17N3O2S. The van der Waals surface area contributed by atoms with Crippen LogP contribution in [0.15, 0.2) is 53.9 Å². The molecule has 3 aromatic rings. The van der Waals surface area contributed by atoms with Crippen LogP contribution in [0.2, 0.25) is 0 Å². The monoisotopic (exact) mass is 351 g/mol. The standard InChI is InChI=1S/C19H17N3O2S/c1-12-3-5-15(6-4-12)18(24)22-19-21-17(11-25-19)14-7-9-16(10-8-14)20-13(2)23/h3-11H,1-2H3,(H,20,23)(H,21,22,24). The number of rotatable bonds is 4. The lowest BCUT2D eigenvalue weighted by Gasteiger charge is -2.03. The van der Waals surface area contributed by atoms with Crippen molar-refractivity contribution in [1.82, 2.24) is 4.98 Å². The molecule has 6 heteroatoms. The van der Waals surface area contributed by atoms with E-state index in [2.05, 4.69) is 15.6 Å². The third-order valence-electron chi connectivity index (χ3n) is 3.54. The van der Waals surface area contributed by atoms with Crippen LogP contribution in [0, 0.1) is 6.92 Å². The zero-order chi connectivity index (χ0) is 17.8. The first kappa shape index (κ1) is 16.9. The topological polar surface area (TPSA) is 71.1 Å². The lowest BCUT2D eigenvalue weighted by molar-refractivity contribution is -0.114. The van der Waals surface area contributed by atoms with Crippen LogP contribution in [0.5, 0.6) is 0 Å². The van der Waals surface area contributed by atoms with Gasteiger partial charge in [-0.1, -0.05) is 29.8 Å². The van der Waals surface area contributed by atoms with E-state index in [4.69, 9.17) is 0 Å². The largest absolute Gasteiger partial charge is 0.326 e. The number of nitrogens with zero attached hydrogens (tertiary/aromatic N) is 1. The molecule has 0 bridgehead atoms. The Hall–Kier alpha value is -2.99. The van der Waals surface area contributed by atoms with E-state index >= 15 is 0 Å². The molecule has 0 radical (unpaired) electrons. The van der Waals surface area contributed by atoms with Crippen LogP contribution in [0.4, 0.5) is 10.8 Å². The maximum Gasteiger partial charge on any atom is 0.257 e. The van der Waals surface area contributed by atoms with Gasteiger partial charge in [0.1, 0.15) is 0 Å².